The fraction of sp³-hybridized carbons (Fsp3) is 0.714. The number of hydrogen-bond donors (Lipinski definition) is 1. The van der Waals surface area contributed by atoms with E-state index in [0.717, 1.165) is 29.5 Å². The number of nitrogens with two attached hydrogens (primary N) is 1. The Morgan fingerprint density at radius 2 is 2.26 bits per heavy atom. The van der Waals surface area contributed by atoms with E-state index in [1.54, 1.807) is 11.3 Å². The Morgan fingerprint density at radius 3 is 2.89 bits per heavy atom. The molecule has 0 radical (unpaired) electrons. The summed E-state index contributed by atoms with van der Waals surface area (Å²) in [4.78, 5) is 15.7. The number of hydrogen-bond acceptors (Lipinski definition) is 5. The molecule has 1 aliphatic carbocycles. The first kappa shape index (κ1) is 14.5. The van der Waals surface area contributed by atoms with Gasteiger partial charge in [-0.2, -0.15) is 0 Å². The highest BCUT2D eigenvalue weighted by Gasteiger charge is 2.34. The van der Waals surface area contributed by atoms with Crippen molar-refractivity contribution in [3.8, 4) is 0 Å². The van der Waals surface area contributed by atoms with Crippen LogP contribution in [0.25, 0.3) is 0 Å². The maximum absolute atomic E-state index is 11.1. The number of esters is 1. The fourth-order valence-electron chi connectivity index (χ4n) is 2.47. The van der Waals surface area contributed by atoms with Crippen molar-refractivity contribution in [1.82, 2.24) is 4.98 Å². The van der Waals surface area contributed by atoms with E-state index in [-0.39, 0.29) is 11.5 Å². The van der Waals surface area contributed by atoms with Gasteiger partial charge in [-0.15, -0.1) is 11.3 Å². The van der Waals surface area contributed by atoms with E-state index >= 15 is 0 Å². The number of methoxy groups -OCH3 is 1. The van der Waals surface area contributed by atoms with Gasteiger partial charge in [-0.3, -0.25) is 4.79 Å². The van der Waals surface area contributed by atoms with Crippen molar-refractivity contribution < 1.29 is 9.53 Å². The summed E-state index contributed by atoms with van der Waals surface area (Å²) in [6.45, 7) is 2.28. The molecule has 5 heteroatoms. The first-order valence-electron chi connectivity index (χ1n) is 6.84. The highest BCUT2D eigenvalue weighted by Crippen LogP contribution is 2.38. The van der Waals surface area contributed by atoms with Gasteiger partial charge >= 0.3 is 5.97 Å². The highest BCUT2D eigenvalue weighted by molar-refractivity contribution is 7.09. The van der Waals surface area contributed by atoms with E-state index in [1.807, 2.05) is 5.38 Å². The molecule has 106 valence electrons. The molecule has 1 saturated carbocycles. The minimum Gasteiger partial charge on any atom is -0.469 e. The summed E-state index contributed by atoms with van der Waals surface area (Å²) in [5, 5.41) is 3.05. The molecule has 0 aromatic carbocycles. The third kappa shape index (κ3) is 3.54. The molecule has 0 bridgehead atoms. The number of aryl methyl sites for hydroxylation is 1. The monoisotopic (exact) mass is 282 g/mol. The molecule has 2 N–H and O–H groups in total. The molecule has 0 atom stereocenters. The van der Waals surface area contributed by atoms with Gasteiger partial charge < -0.3 is 10.5 Å². The van der Waals surface area contributed by atoms with E-state index in [0.29, 0.717) is 12.8 Å². The molecule has 0 amide bonds. The van der Waals surface area contributed by atoms with Crippen molar-refractivity contribution in [3.63, 3.8) is 0 Å². The Balaban J connectivity index is 1.98. The summed E-state index contributed by atoms with van der Waals surface area (Å²) in [7, 11) is 1.41. The van der Waals surface area contributed by atoms with Crippen molar-refractivity contribution in [2.45, 2.75) is 51.0 Å². The lowest BCUT2D eigenvalue weighted by Crippen LogP contribution is -2.40. The second-order valence-electron chi connectivity index (χ2n) is 5.56. The molecule has 0 unspecified atom stereocenters. The highest BCUT2D eigenvalue weighted by atomic mass is 32.1. The van der Waals surface area contributed by atoms with Crippen LogP contribution in [0, 0.1) is 5.92 Å². The molecule has 4 nitrogen and oxygen atoms in total. The van der Waals surface area contributed by atoms with E-state index in [9.17, 15) is 4.79 Å². The van der Waals surface area contributed by atoms with Crippen LogP contribution in [-0.4, -0.2) is 18.1 Å². The summed E-state index contributed by atoms with van der Waals surface area (Å²) in [5.74, 6) is 0.582. The topological polar surface area (TPSA) is 65.2 Å². The number of rotatable bonds is 4. The molecule has 0 spiro atoms. The van der Waals surface area contributed by atoms with Crippen molar-refractivity contribution in [2.24, 2.45) is 11.7 Å². The summed E-state index contributed by atoms with van der Waals surface area (Å²) >= 11 is 1.63. The summed E-state index contributed by atoms with van der Waals surface area (Å²) < 4.78 is 4.64. The van der Waals surface area contributed by atoms with E-state index in [4.69, 9.17) is 5.73 Å². The number of carbonyl (C=O) groups excluding carboxylic acids is 1. The number of thiazole rings is 1. The van der Waals surface area contributed by atoms with Crippen LogP contribution >= 0.6 is 11.3 Å². The Bertz CT molecular complexity index is 436. The quantitative estimate of drug-likeness (QED) is 0.862. The maximum Gasteiger partial charge on any atom is 0.305 e. The SMILES string of the molecule is COC(=O)CCc1csc(C2(N)CCC(C)CC2)n1. The lowest BCUT2D eigenvalue weighted by Gasteiger charge is -2.34. The van der Waals surface area contributed by atoms with Crippen LogP contribution < -0.4 is 5.73 Å². The first-order valence-corrected chi connectivity index (χ1v) is 7.72. The van der Waals surface area contributed by atoms with Crippen LogP contribution in [-0.2, 0) is 21.5 Å². The average molecular weight is 282 g/mol. The zero-order valence-electron chi connectivity index (χ0n) is 11.6. The largest absolute Gasteiger partial charge is 0.469 e. The Hall–Kier alpha value is -0.940. The molecule has 1 aromatic heterocycles. The van der Waals surface area contributed by atoms with Crippen LogP contribution in [0.2, 0.25) is 0 Å². The summed E-state index contributed by atoms with van der Waals surface area (Å²) in [6.07, 6.45) is 5.39. The zero-order valence-corrected chi connectivity index (χ0v) is 12.5. The van der Waals surface area contributed by atoms with Crippen molar-refractivity contribution in [2.75, 3.05) is 7.11 Å². The van der Waals surface area contributed by atoms with Gasteiger partial charge in [-0.1, -0.05) is 6.92 Å². The molecule has 1 fully saturated rings. The third-order valence-corrected chi connectivity index (χ3v) is 5.07. The van der Waals surface area contributed by atoms with Crippen LogP contribution in [0.1, 0.15) is 49.7 Å². The molecule has 1 aromatic rings. The minimum atomic E-state index is -0.249. The Labute approximate surface area is 118 Å². The van der Waals surface area contributed by atoms with Gasteiger partial charge in [-0.05, 0) is 31.6 Å². The number of carbonyl (C=O) groups is 1. The number of aromatic nitrogens is 1. The molecule has 19 heavy (non-hydrogen) atoms. The molecule has 2 rings (SSSR count). The zero-order chi connectivity index (χ0) is 13.9. The maximum atomic E-state index is 11.1. The fourth-order valence-corrected chi connectivity index (χ4v) is 3.50. The lowest BCUT2D eigenvalue weighted by atomic mass is 9.78. The molecular weight excluding hydrogens is 260 g/mol. The lowest BCUT2D eigenvalue weighted by molar-refractivity contribution is -0.140. The first-order chi connectivity index (χ1) is 9.03. The van der Waals surface area contributed by atoms with Crippen LogP contribution in [0.4, 0.5) is 0 Å². The van der Waals surface area contributed by atoms with Gasteiger partial charge in [-0.25, -0.2) is 4.98 Å². The average Bonchev–Trinajstić information content (AvgIpc) is 2.89. The molecule has 0 aliphatic heterocycles. The summed E-state index contributed by atoms with van der Waals surface area (Å²) in [5.41, 5.74) is 7.20. The third-order valence-electron chi connectivity index (χ3n) is 3.96. The second-order valence-corrected chi connectivity index (χ2v) is 6.42. The van der Waals surface area contributed by atoms with Gasteiger partial charge in [0.05, 0.1) is 24.8 Å². The Kier molecular flexibility index (Phi) is 4.58. The summed E-state index contributed by atoms with van der Waals surface area (Å²) in [6, 6.07) is 0. The number of ether oxygens (including phenoxy) is 1. The Morgan fingerprint density at radius 1 is 1.58 bits per heavy atom. The normalized spacial score (nSPS) is 27.2. The van der Waals surface area contributed by atoms with E-state index < -0.39 is 0 Å². The van der Waals surface area contributed by atoms with Crippen molar-refractivity contribution in [1.29, 1.82) is 0 Å². The van der Waals surface area contributed by atoms with Crippen LogP contribution in [0.5, 0.6) is 0 Å². The van der Waals surface area contributed by atoms with Crippen LogP contribution in [0.15, 0.2) is 5.38 Å². The molecule has 0 saturated heterocycles. The minimum absolute atomic E-state index is 0.191. The number of nitrogens with zero attached hydrogens (tertiary/aromatic N) is 1. The van der Waals surface area contributed by atoms with Gasteiger partial charge in [0.2, 0.25) is 0 Å². The predicted molar refractivity (Wildman–Crippen MR) is 75.9 cm³/mol. The molecule has 1 aliphatic rings. The van der Waals surface area contributed by atoms with Crippen LogP contribution in [0.3, 0.4) is 0 Å². The van der Waals surface area contributed by atoms with Crippen molar-refractivity contribution >= 4 is 17.3 Å². The van der Waals surface area contributed by atoms with Gasteiger partial charge in [0, 0.05) is 11.8 Å². The van der Waals surface area contributed by atoms with E-state index in [1.165, 1.54) is 20.0 Å². The smallest absolute Gasteiger partial charge is 0.305 e. The van der Waals surface area contributed by atoms with Gasteiger partial charge in [0.1, 0.15) is 5.01 Å². The molecular formula is C14H22N2O2S. The van der Waals surface area contributed by atoms with E-state index in [2.05, 4.69) is 16.6 Å². The second kappa shape index (κ2) is 6.01. The predicted octanol–water partition coefficient (Wildman–Crippen LogP) is 2.61. The van der Waals surface area contributed by atoms with Gasteiger partial charge in [0.15, 0.2) is 0 Å². The van der Waals surface area contributed by atoms with Crippen molar-refractivity contribution in [3.05, 3.63) is 16.1 Å². The standard InChI is InChI=1S/C14H22N2O2S/c1-10-5-7-14(15,8-6-10)13-16-11(9-19-13)3-4-12(17)18-2/h9-10H,3-8,15H2,1-2H3. The molecule has 1 heterocycles. The van der Waals surface area contributed by atoms with Gasteiger partial charge in [0.25, 0.3) is 0 Å².